The van der Waals surface area contributed by atoms with Crippen molar-refractivity contribution < 1.29 is 0 Å². The van der Waals surface area contributed by atoms with E-state index in [0.717, 1.165) is 22.7 Å². The molecule has 0 amide bonds. The Morgan fingerprint density at radius 1 is 0.315 bits per heavy atom. The smallest absolute Gasteiger partial charge is 0.0547 e. The number of hydrogen-bond acceptors (Lipinski definition) is 1. The van der Waals surface area contributed by atoms with Crippen molar-refractivity contribution in [2.45, 2.75) is 0 Å². The van der Waals surface area contributed by atoms with Gasteiger partial charge in [-0.3, -0.25) is 0 Å². The Hall–Kier alpha value is -7.16. The van der Waals surface area contributed by atoms with Gasteiger partial charge in [-0.05, 0) is 121 Å². The van der Waals surface area contributed by atoms with Gasteiger partial charge in [0.05, 0.1) is 11.0 Å². The molecule has 11 rings (SSSR count). The molecule has 0 unspecified atom stereocenters. The number of aromatic nitrogens is 1. The van der Waals surface area contributed by atoms with Gasteiger partial charge < -0.3 is 9.47 Å². The average molecular weight is 687 g/mol. The van der Waals surface area contributed by atoms with E-state index in [4.69, 9.17) is 0 Å². The Bertz CT molecular complexity index is 3230. The number of nitrogens with zero attached hydrogens (tertiary/aromatic N) is 2. The van der Waals surface area contributed by atoms with E-state index < -0.39 is 0 Å². The first-order chi connectivity index (χ1) is 26.8. The van der Waals surface area contributed by atoms with Crippen molar-refractivity contribution in [3.8, 4) is 16.8 Å². The van der Waals surface area contributed by atoms with E-state index in [0.29, 0.717) is 0 Å². The number of benzene rings is 10. The third kappa shape index (κ3) is 4.88. The van der Waals surface area contributed by atoms with E-state index in [9.17, 15) is 0 Å². The monoisotopic (exact) mass is 686 g/mol. The zero-order chi connectivity index (χ0) is 35.6. The summed E-state index contributed by atoms with van der Waals surface area (Å²) < 4.78 is 2.42. The van der Waals surface area contributed by atoms with Crippen molar-refractivity contribution >= 4 is 82.0 Å². The van der Waals surface area contributed by atoms with E-state index in [2.05, 4.69) is 216 Å². The fourth-order valence-electron chi connectivity index (χ4n) is 8.56. The van der Waals surface area contributed by atoms with E-state index >= 15 is 0 Å². The molecule has 1 aromatic heterocycles. The van der Waals surface area contributed by atoms with Gasteiger partial charge in [-0.2, -0.15) is 0 Å². The summed E-state index contributed by atoms with van der Waals surface area (Å²) in [5.74, 6) is 0. The molecule has 0 fully saturated rings. The number of rotatable bonds is 5. The Labute approximate surface area is 313 Å². The minimum atomic E-state index is 1.11. The summed E-state index contributed by atoms with van der Waals surface area (Å²) in [6.45, 7) is 0. The molecule has 0 aliphatic rings. The van der Waals surface area contributed by atoms with E-state index in [1.165, 1.54) is 76.0 Å². The Kier molecular flexibility index (Phi) is 6.90. The topological polar surface area (TPSA) is 8.17 Å². The highest BCUT2D eigenvalue weighted by Gasteiger charge is 2.19. The van der Waals surface area contributed by atoms with Crippen LogP contribution in [0.5, 0.6) is 0 Å². The number of fused-ring (bicyclic) bond motifs is 8. The van der Waals surface area contributed by atoms with Crippen LogP contribution in [0.15, 0.2) is 206 Å². The van der Waals surface area contributed by atoms with Gasteiger partial charge in [-0.15, -0.1) is 0 Å². The quantitative estimate of drug-likeness (QED) is 0.164. The number of hydrogen-bond donors (Lipinski definition) is 0. The fraction of sp³-hybridized carbons (Fsp3) is 0. The third-order valence-corrected chi connectivity index (χ3v) is 11.1. The Morgan fingerprint density at radius 3 is 1.74 bits per heavy atom. The zero-order valence-corrected chi connectivity index (χ0v) is 29.5. The second-order valence-corrected chi connectivity index (χ2v) is 14.2. The highest BCUT2D eigenvalue weighted by Crippen LogP contribution is 2.43. The van der Waals surface area contributed by atoms with Gasteiger partial charge in [0.15, 0.2) is 0 Å². The van der Waals surface area contributed by atoms with Gasteiger partial charge in [0.1, 0.15) is 0 Å². The van der Waals surface area contributed by atoms with Crippen molar-refractivity contribution in [3.63, 3.8) is 0 Å². The van der Waals surface area contributed by atoms with E-state index in [1.54, 1.807) is 0 Å². The molecular weight excluding hydrogens is 653 g/mol. The standard InChI is InChI=1S/C52H34N2/c1-2-18-42(19-3-1)54-50-23-11-22-48(52(50)49-33-38-15-6-7-16-39(38)34-51(49)54)40-17-10-20-43(31-40)53(44-27-26-35-12-4-5-14-37(35)30-44)45-28-29-47-41(32-45)25-24-36-13-8-9-21-46(36)47/h1-34H. The Morgan fingerprint density at radius 2 is 0.907 bits per heavy atom. The maximum atomic E-state index is 2.42. The van der Waals surface area contributed by atoms with Gasteiger partial charge in [0, 0.05) is 33.5 Å². The van der Waals surface area contributed by atoms with Crippen LogP contribution in [0.4, 0.5) is 17.1 Å². The van der Waals surface area contributed by atoms with Crippen molar-refractivity contribution in [1.82, 2.24) is 4.57 Å². The summed E-state index contributed by atoms with van der Waals surface area (Å²) >= 11 is 0. The van der Waals surface area contributed by atoms with Gasteiger partial charge in [0.2, 0.25) is 0 Å². The first-order valence-corrected chi connectivity index (χ1v) is 18.6. The molecule has 2 heteroatoms. The average Bonchev–Trinajstić information content (AvgIpc) is 3.56. The zero-order valence-electron chi connectivity index (χ0n) is 29.5. The Balaban J connectivity index is 1.14. The molecule has 0 spiro atoms. The van der Waals surface area contributed by atoms with Crippen LogP contribution < -0.4 is 4.90 Å². The largest absolute Gasteiger partial charge is 0.310 e. The van der Waals surface area contributed by atoms with Gasteiger partial charge >= 0.3 is 0 Å². The van der Waals surface area contributed by atoms with E-state index in [1.807, 2.05) is 0 Å². The molecule has 11 aromatic rings. The minimum Gasteiger partial charge on any atom is -0.310 e. The van der Waals surface area contributed by atoms with Gasteiger partial charge in [0.25, 0.3) is 0 Å². The molecule has 54 heavy (non-hydrogen) atoms. The first kappa shape index (κ1) is 30.5. The van der Waals surface area contributed by atoms with Crippen LogP contribution >= 0.6 is 0 Å². The molecule has 0 radical (unpaired) electrons. The lowest BCUT2D eigenvalue weighted by Gasteiger charge is -2.27. The molecule has 0 N–H and O–H groups in total. The lowest BCUT2D eigenvalue weighted by atomic mass is 9.97. The summed E-state index contributed by atoms with van der Waals surface area (Å²) in [5.41, 5.74) is 9.31. The van der Waals surface area contributed by atoms with Crippen molar-refractivity contribution in [1.29, 1.82) is 0 Å². The highest BCUT2D eigenvalue weighted by molar-refractivity contribution is 6.19. The second kappa shape index (κ2) is 12.2. The van der Waals surface area contributed by atoms with Crippen molar-refractivity contribution in [2.24, 2.45) is 0 Å². The third-order valence-electron chi connectivity index (χ3n) is 11.1. The molecule has 0 bridgehead atoms. The molecule has 252 valence electrons. The number of para-hydroxylation sites is 1. The molecule has 0 atom stereocenters. The maximum absolute atomic E-state index is 2.42. The van der Waals surface area contributed by atoms with Crippen molar-refractivity contribution in [3.05, 3.63) is 206 Å². The van der Waals surface area contributed by atoms with Crippen molar-refractivity contribution in [2.75, 3.05) is 4.90 Å². The van der Waals surface area contributed by atoms with Crippen LogP contribution in [0, 0.1) is 0 Å². The summed E-state index contributed by atoms with van der Waals surface area (Å²) in [7, 11) is 0. The SMILES string of the molecule is c1ccc(-n2c3cc4ccccc4cc3c3c(-c4cccc(N(c5ccc6ccccc6c5)c5ccc6c(ccc7ccccc76)c5)c4)cccc32)cc1. The van der Waals surface area contributed by atoms with Crippen LogP contribution in [0.1, 0.15) is 0 Å². The summed E-state index contributed by atoms with van der Waals surface area (Å²) in [6, 6.07) is 75.4. The number of anilines is 3. The summed E-state index contributed by atoms with van der Waals surface area (Å²) in [5, 5.41) is 12.5. The lowest BCUT2D eigenvalue weighted by molar-refractivity contribution is 1.18. The van der Waals surface area contributed by atoms with Crippen LogP contribution in [0.2, 0.25) is 0 Å². The molecule has 0 saturated heterocycles. The molecule has 0 aliphatic carbocycles. The van der Waals surface area contributed by atoms with Gasteiger partial charge in [-0.1, -0.05) is 140 Å². The van der Waals surface area contributed by atoms with Crippen LogP contribution in [0.3, 0.4) is 0 Å². The molecule has 2 nitrogen and oxygen atoms in total. The van der Waals surface area contributed by atoms with Crippen LogP contribution in [-0.2, 0) is 0 Å². The predicted molar refractivity (Wildman–Crippen MR) is 231 cm³/mol. The fourth-order valence-corrected chi connectivity index (χ4v) is 8.56. The highest BCUT2D eigenvalue weighted by atomic mass is 15.1. The van der Waals surface area contributed by atoms with Gasteiger partial charge in [-0.25, -0.2) is 0 Å². The minimum absolute atomic E-state index is 1.11. The van der Waals surface area contributed by atoms with Crippen LogP contribution in [-0.4, -0.2) is 4.57 Å². The van der Waals surface area contributed by atoms with Crippen LogP contribution in [0.25, 0.3) is 81.7 Å². The molecular formula is C52H34N2. The normalized spacial score (nSPS) is 11.7. The summed E-state index contributed by atoms with van der Waals surface area (Å²) in [4.78, 5) is 2.41. The lowest BCUT2D eigenvalue weighted by Crippen LogP contribution is -2.10. The maximum Gasteiger partial charge on any atom is 0.0547 e. The molecule has 0 aliphatic heterocycles. The molecule has 10 aromatic carbocycles. The second-order valence-electron chi connectivity index (χ2n) is 14.2. The molecule has 1 heterocycles. The van der Waals surface area contributed by atoms with E-state index in [-0.39, 0.29) is 0 Å². The summed E-state index contributed by atoms with van der Waals surface area (Å²) in [6.07, 6.45) is 0. The predicted octanol–water partition coefficient (Wildman–Crippen LogP) is 14.5. The first-order valence-electron chi connectivity index (χ1n) is 18.6. The molecule has 0 saturated carbocycles.